The molecule has 0 bridgehead atoms. The van der Waals surface area contributed by atoms with E-state index in [9.17, 15) is 0 Å². The minimum absolute atomic E-state index is 0.359. The second-order valence-electron chi connectivity index (χ2n) is 5.76. The molecule has 0 atom stereocenters. The molecular weight excluding hydrogens is 288 g/mol. The number of hydrogen-bond donors (Lipinski definition) is 0. The van der Waals surface area contributed by atoms with Crippen LogP contribution >= 0.6 is 0 Å². The molecule has 0 N–H and O–H groups in total. The summed E-state index contributed by atoms with van der Waals surface area (Å²) in [7, 11) is 0. The third-order valence-corrected chi connectivity index (χ3v) is 3.41. The fourth-order valence-electron chi connectivity index (χ4n) is 2.31. The summed E-state index contributed by atoms with van der Waals surface area (Å²) >= 11 is 0. The van der Waals surface area contributed by atoms with Gasteiger partial charge in [-0.05, 0) is 42.2 Å². The number of aromatic nitrogens is 3. The molecular formula is C18H16N4O. The number of rotatable bonds is 4. The topological polar surface area (TPSA) is 75.6 Å². The molecule has 1 aromatic carbocycles. The third-order valence-electron chi connectivity index (χ3n) is 3.41. The van der Waals surface area contributed by atoms with Crippen molar-refractivity contribution in [1.82, 2.24) is 15.1 Å². The Morgan fingerprint density at radius 3 is 2.43 bits per heavy atom. The van der Waals surface area contributed by atoms with Crippen LogP contribution < -0.4 is 0 Å². The molecule has 5 heteroatoms. The molecule has 114 valence electrons. The molecule has 0 aliphatic rings. The molecule has 0 aliphatic carbocycles. The van der Waals surface area contributed by atoms with Crippen LogP contribution in [0.4, 0.5) is 0 Å². The predicted octanol–water partition coefficient (Wildman–Crippen LogP) is 3.87. The summed E-state index contributed by atoms with van der Waals surface area (Å²) in [6.45, 7) is 4.40. The Morgan fingerprint density at radius 1 is 1.09 bits per heavy atom. The molecule has 0 spiro atoms. The number of nitrogens with zero attached hydrogens (tertiary/aromatic N) is 4. The largest absolute Gasteiger partial charge is 0.334 e. The second-order valence-corrected chi connectivity index (χ2v) is 5.76. The molecule has 5 nitrogen and oxygen atoms in total. The molecule has 0 unspecified atom stereocenters. The van der Waals surface area contributed by atoms with Crippen LogP contribution in [0.2, 0.25) is 0 Å². The van der Waals surface area contributed by atoms with Gasteiger partial charge in [-0.2, -0.15) is 10.2 Å². The van der Waals surface area contributed by atoms with Crippen molar-refractivity contribution in [2.75, 3.05) is 0 Å². The summed E-state index contributed by atoms with van der Waals surface area (Å²) in [5, 5.41) is 12.7. The lowest BCUT2D eigenvalue weighted by molar-refractivity contribution is 0.432. The first-order valence-corrected chi connectivity index (χ1v) is 7.45. The van der Waals surface area contributed by atoms with Crippen molar-refractivity contribution in [3.8, 4) is 28.9 Å². The Kier molecular flexibility index (Phi) is 4.15. The quantitative estimate of drug-likeness (QED) is 0.731. The molecule has 3 rings (SSSR count). The maximum atomic E-state index is 8.77. The maximum Gasteiger partial charge on any atom is 0.258 e. The van der Waals surface area contributed by atoms with Crippen molar-refractivity contribution in [3.05, 3.63) is 53.9 Å². The number of pyridine rings is 1. The first kappa shape index (κ1) is 14.9. The molecule has 0 amide bonds. The SMILES string of the molecule is CC(C)Cc1ccc(-c2nc(-c3ccc(C#N)nc3)no2)cc1. The highest BCUT2D eigenvalue weighted by Crippen LogP contribution is 2.22. The van der Waals surface area contributed by atoms with E-state index in [0.29, 0.717) is 23.3 Å². The average Bonchev–Trinajstić information content (AvgIpc) is 3.05. The molecule has 0 radical (unpaired) electrons. The standard InChI is InChI=1S/C18H16N4O/c1-12(2)9-13-3-5-14(6-4-13)18-21-17(22-23-18)15-7-8-16(10-19)20-11-15/h3-8,11-12H,9H2,1-2H3. The number of nitriles is 1. The fraction of sp³-hybridized carbons (Fsp3) is 0.222. The molecule has 2 aromatic heterocycles. The highest BCUT2D eigenvalue weighted by Gasteiger charge is 2.11. The van der Waals surface area contributed by atoms with Crippen LogP contribution in [0.3, 0.4) is 0 Å². The van der Waals surface area contributed by atoms with Crippen LogP contribution in [0, 0.1) is 17.2 Å². The summed E-state index contributed by atoms with van der Waals surface area (Å²) in [6.07, 6.45) is 2.62. The van der Waals surface area contributed by atoms with Gasteiger partial charge in [0.2, 0.25) is 5.82 Å². The van der Waals surface area contributed by atoms with Crippen LogP contribution in [0.25, 0.3) is 22.8 Å². The zero-order chi connectivity index (χ0) is 16.2. The van der Waals surface area contributed by atoms with E-state index >= 15 is 0 Å². The molecule has 0 saturated carbocycles. The van der Waals surface area contributed by atoms with Gasteiger partial charge in [0, 0.05) is 17.3 Å². The third kappa shape index (κ3) is 3.43. The van der Waals surface area contributed by atoms with Gasteiger partial charge in [0.15, 0.2) is 0 Å². The minimum atomic E-state index is 0.359. The van der Waals surface area contributed by atoms with Gasteiger partial charge in [0.05, 0.1) is 0 Å². The fourth-order valence-corrected chi connectivity index (χ4v) is 2.31. The molecule has 23 heavy (non-hydrogen) atoms. The Morgan fingerprint density at radius 2 is 1.83 bits per heavy atom. The van der Waals surface area contributed by atoms with E-state index < -0.39 is 0 Å². The molecule has 2 heterocycles. The van der Waals surface area contributed by atoms with Gasteiger partial charge in [0.1, 0.15) is 11.8 Å². The Balaban J connectivity index is 1.82. The van der Waals surface area contributed by atoms with E-state index in [1.165, 1.54) is 5.56 Å². The van der Waals surface area contributed by atoms with E-state index in [1.54, 1.807) is 18.3 Å². The summed E-state index contributed by atoms with van der Waals surface area (Å²) in [5.41, 5.74) is 3.26. The van der Waals surface area contributed by atoms with Crippen LogP contribution in [0.15, 0.2) is 47.1 Å². The summed E-state index contributed by atoms with van der Waals surface area (Å²) in [5.74, 6) is 1.56. The Bertz CT molecular complexity index is 827. The normalized spacial score (nSPS) is 10.7. The Labute approximate surface area is 134 Å². The van der Waals surface area contributed by atoms with Crippen molar-refractivity contribution < 1.29 is 4.52 Å². The van der Waals surface area contributed by atoms with Gasteiger partial charge in [-0.1, -0.05) is 31.1 Å². The van der Waals surface area contributed by atoms with Gasteiger partial charge in [0.25, 0.3) is 5.89 Å². The van der Waals surface area contributed by atoms with Gasteiger partial charge < -0.3 is 4.52 Å². The van der Waals surface area contributed by atoms with Crippen LogP contribution in [0.1, 0.15) is 25.1 Å². The van der Waals surface area contributed by atoms with Crippen molar-refractivity contribution in [2.45, 2.75) is 20.3 Å². The lowest BCUT2D eigenvalue weighted by atomic mass is 10.0. The smallest absolute Gasteiger partial charge is 0.258 e. The number of benzene rings is 1. The van der Waals surface area contributed by atoms with Crippen molar-refractivity contribution in [1.29, 1.82) is 5.26 Å². The second kappa shape index (κ2) is 6.41. The summed E-state index contributed by atoms with van der Waals surface area (Å²) < 4.78 is 5.33. The summed E-state index contributed by atoms with van der Waals surface area (Å²) in [4.78, 5) is 8.41. The van der Waals surface area contributed by atoms with E-state index in [4.69, 9.17) is 9.78 Å². The van der Waals surface area contributed by atoms with Gasteiger partial charge in [-0.15, -0.1) is 0 Å². The zero-order valence-electron chi connectivity index (χ0n) is 13.0. The minimum Gasteiger partial charge on any atom is -0.334 e. The van der Waals surface area contributed by atoms with Crippen LogP contribution in [0.5, 0.6) is 0 Å². The molecule has 0 aliphatic heterocycles. The lowest BCUT2D eigenvalue weighted by Gasteiger charge is -2.04. The van der Waals surface area contributed by atoms with E-state index in [-0.39, 0.29) is 0 Å². The van der Waals surface area contributed by atoms with Gasteiger partial charge >= 0.3 is 0 Å². The first-order chi connectivity index (χ1) is 11.2. The molecule has 0 fully saturated rings. The molecule has 0 saturated heterocycles. The van der Waals surface area contributed by atoms with Crippen molar-refractivity contribution >= 4 is 0 Å². The molecule has 3 aromatic rings. The number of hydrogen-bond acceptors (Lipinski definition) is 5. The van der Waals surface area contributed by atoms with E-state index in [1.807, 2.05) is 18.2 Å². The van der Waals surface area contributed by atoms with Crippen molar-refractivity contribution in [3.63, 3.8) is 0 Å². The van der Waals surface area contributed by atoms with Gasteiger partial charge in [-0.3, -0.25) is 0 Å². The van der Waals surface area contributed by atoms with E-state index in [2.05, 4.69) is 41.1 Å². The summed E-state index contributed by atoms with van der Waals surface area (Å²) in [6, 6.07) is 13.5. The highest BCUT2D eigenvalue weighted by molar-refractivity contribution is 5.59. The van der Waals surface area contributed by atoms with Gasteiger partial charge in [-0.25, -0.2) is 4.98 Å². The van der Waals surface area contributed by atoms with Crippen molar-refractivity contribution in [2.24, 2.45) is 5.92 Å². The maximum absolute atomic E-state index is 8.77. The average molecular weight is 304 g/mol. The van der Waals surface area contributed by atoms with E-state index in [0.717, 1.165) is 17.5 Å². The first-order valence-electron chi connectivity index (χ1n) is 7.45. The Hall–Kier alpha value is -3.00. The highest BCUT2D eigenvalue weighted by atomic mass is 16.5. The van der Waals surface area contributed by atoms with Crippen LogP contribution in [-0.2, 0) is 6.42 Å². The lowest BCUT2D eigenvalue weighted by Crippen LogP contribution is -1.93. The zero-order valence-corrected chi connectivity index (χ0v) is 13.0. The van der Waals surface area contributed by atoms with Crippen LogP contribution in [-0.4, -0.2) is 15.1 Å². The monoisotopic (exact) mass is 304 g/mol. The predicted molar refractivity (Wildman–Crippen MR) is 86.2 cm³/mol.